The van der Waals surface area contributed by atoms with Gasteiger partial charge in [-0.25, -0.2) is 0 Å². The van der Waals surface area contributed by atoms with Crippen LogP contribution in [0.4, 0.5) is 18.9 Å². The molecule has 1 unspecified atom stereocenters. The molecule has 3 rings (SSSR count). The van der Waals surface area contributed by atoms with Crippen molar-refractivity contribution in [1.29, 1.82) is 5.26 Å². The molecular weight excluding hydrogens is 409 g/mol. The minimum Gasteiger partial charge on any atom is -0.366 e. The molecule has 0 bridgehead atoms. The van der Waals surface area contributed by atoms with Crippen molar-refractivity contribution < 1.29 is 13.2 Å². The van der Waals surface area contributed by atoms with E-state index < -0.39 is 11.7 Å². The van der Waals surface area contributed by atoms with E-state index in [4.69, 9.17) is 11.6 Å². The van der Waals surface area contributed by atoms with Crippen LogP contribution in [0.5, 0.6) is 0 Å². The van der Waals surface area contributed by atoms with Crippen LogP contribution < -0.4 is 4.90 Å². The molecule has 0 aliphatic carbocycles. The van der Waals surface area contributed by atoms with Crippen molar-refractivity contribution in [1.82, 2.24) is 0 Å². The Morgan fingerprint density at radius 3 is 2.43 bits per heavy atom. The molecule has 2 aromatic rings. The lowest BCUT2D eigenvalue weighted by Crippen LogP contribution is -2.48. The molecule has 0 aromatic heterocycles. The summed E-state index contributed by atoms with van der Waals surface area (Å²) in [5, 5.41) is 10.1. The van der Waals surface area contributed by atoms with Crippen LogP contribution in [0.25, 0.3) is 11.6 Å². The normalized spacial score (nSPS) is 18.7. The van der Waals surface area contributed by atoms with Crippen LogP contribution in [-0.2, 0) is 6.18 Å². The molecule has 30 heavy (non-hydrogen) atoms. The van der Waals surface area contributed by atoms with E-state index in [2.05, 4.69) is 38.7 Å². The first-order valence-electron chi connectivity index (χ1n) is 9.88. The van der Waals surface area contributed by atoms with Gasteiger partial charge in [0.05, 0.1) is 17.2 Å². The Hall–Kier alpha value is -2.45. The molecule has 0 saturated heterocycles. The molecule has 0 saturated carbocycles. The number of nitrogens with zero attached hydrogens (tertiary/aromatic N) is 2. The molecule has 0 radical (unpaired) electrons. The minimum absolute atomic E-state index is 0.0138. The van der Waals surface area contributed by atoms with Crippen LogP contribution in [-0.4, -0.2) is 12.1 Å². The van der Waals surface area contributed by atoms with Gasteiger partial charge in [-0.3, -0.25) is 0 Å². The lowest BCUT2D eigenvalue weighted by atomic mass is 9.79. The minimum atomic E-state index is -4.41. The average molecular weight is 433 g/mol. The molecule has 6 heteroatoms. The SMILES string of the molecule is CCN1c2cc(Cl)c(/C=C(\C#N)c3ccc(C(F)(F)F)cc3)cc2C(C)CC1(C)C. The van der Waals surface area contributed by atoms with E-state index in [0.29, 0.717) is 22.1 Å². The Morgan fingerprint density at radius 2 is 1.90 bits per heavy atom. The van der Waals surface area contributed by atoms with Gasteiger partial charge in [0, 0.05) is 22.8 Å². The van der Waals surface area contributed by atoms with Crippen LogP contribution >= 0.6 is 11.6 Å². The smallest absolute Gasteiger partial charge is 0.366 e. The van der Waals surface area contributed by atoms with Gasteiger partial charge >= 0.3 is 6.18 Å². The second-order valence-electron chi connectivity index (χ2n) is 8.34. The Kier molecular flexibility index (Phi) is 5.93. The maximum atomic E-state index is 12.8. The van der Waals surface area contributed by atoms with Gasteiger partial charge in [-0.1, -0.05) is 30.7 Å². The average Bonchev–Trinajstić information content (AvgIpc) is 2.66. The van der Waals surface area contributed by atoms with Gasteiger partial charge < -0.3 is 4.90 Å². The molecular formula is C24H24ClF3N2. The number of benzene rings is 2. The summed E-state index contributed by atoms with van der Waals surface area (Å²) in [5.41, 5.74) is 2.90. The summed E-state index contributed by atoms with van der Waals surface area (Å²) in [6.07, 6.45) is -1.78. The molecule has 1 atom stereocenters. The molecule has 1 aliphatic rings. The molecule has 2 nitrogen and oxygen atoms in total. The molecule has 0 N–H and O–H groups in total. The Bertz CT molecular complexity index is 1010. The Morgan fingerprint density at radius 1 is 1.27 bits per heavy atom. The summed E-state index contributed by atoms with van der Waals surface area (Å²) in [6.45, 7) is 9.58. The highest BCUT2D eigenvalue weighted by atomic mass is 35.5. The highest BCUT2D eigenvalue weighted by Gasteiger charge is 2.36. The van der Waals surface area contributed by atoms with Crippen molar-refractivity contribution >= 4 is 28.9 Å². The first-order chi connectivity index (χ1) is 14.0. The van der Waals surface area contributed by atoms with E-state index in [-0.39, 0.29) is 11.1 Å². The molecule has 1 aliphatic heterocycles. The maximum absolute atomic E-state index is 12.8. The van der Waals surface area contributed by atoms with Crippen LogP contribution in [0.1, 0.15) is 62.3 Å². The van der Waals surface area contributed by atoms with E-state index in [0.717, 1.165) is 36.3 Å². The summed E-state index contributed by atoms with van der Waals surface area (Å²) in [4.78, 5) is 2.34. The highest BCUT2D eigenvalue weighted by Crippen LogP contribution is 2.45. The van der Waals surface area contributed by atoms with Gasteiger partial charge in [-0.2, -0.15) is 18.4 Å². The zero-order valence-corrected chi connectivity index (χ0v) is 18.2. The highest BCUT2D eigenvalue weighted by molar-refractivity contribution is 6.32. The fraction of sp³-hybridized carbons (Fsp3) is 0.375. The van der Waals surface area contributed by atoms with Crippen molar-refractivity contribution in [2.45, 2.75) is 51.7 Å². The molecule has 158 valence electrons. The Labute approximate surface area is 180 Å². The quantitative estimate of drug-likeness (QED) is 0.370. The molecule has 0 fully saturated rings. The second-order valence-corrected chi connectivity index (χ2v) is 8.75. The molecule has 0 spiro atoms. The van der Waals surface area contributed by atoms with Gasteiger partial charge in [0.15, 0.2) is 0 Å². The van der Waals surface area contributed by atoms with Crippen LogP contribution in [0.15, 0.2) is 36.4 Å². The van der Waals surface area contributed by atoms with Crippen LogP contribution in [0.2, 0.25) is 5.02 Å². The van der Waals surface area contributed by atoms with E-state index in [1.807, 2.05) is 12.1 Å². The standard InChI is InChI=1S/C24H24ClF3N2/c1-5-30-22-12-21(25)17(11-20(22)15(2)13-23(30,3)4)10-18(14-29)16-6-8-19(9-7-16)24(26,27)28/h6-12,15H,5,13H2,1-4H3/b18-10+. The predicted octanol–water partition coefficient (Wildman–Crippen LogP) is 7.54. The third-order valence-electron chi connectivity index (χ3n) is 5.76. The van der Waals surface area contributed by atoms with Crippen molar-refractivity contribution in [3.05, 3.63) is 63.7 Å². The van der Waals surface area contributed by atoms with E-state index >= 15 is 0 Å². The lowest BCUT2D eigenvalue weighted by Gasteiger charge is -2.47. The number of alkyl halides is 3. The van der Waals surface area contributed by atoms with Gasteiger partial charge in [-0.15, -0.1) is 0 Å². The van der Waals surface area contributed by atoms with E-state index in [9.17, 15) is 18.4 Å². The number of nitriles is 1. The number of hydrogen-bond donors (Lipinski definition) is 0. The summed E-state index contributed by atoms with van der Waals surface area (Å²) in [6, 6.07) is 10.6. The fourth-order valence-electron chi connectivity index (χ4n) is 4.40. The fourth-order valence-corrected chi connectivity index (χ4v) is 4.62. The second kappa shape index (κ2) is 8.00. The van der Waals surface area contributed by atoms with Gasteiger partial charge in [0.1, 0.15) is 0 Å². The number of fused-ring (bicyclic) bond motifs is 1. The summed E-state index contributed by atoms with van der Waals surface area (Å²) >= 11 is 6.57. The zero-order chi connectivity index (χ0) is 22.3. The predicted molar refractivity (Wildman–Crippen MR) is 117 cm³/mol. The van der Waals surface area contributed by atoms with Crippen molar-refractivity contribution in [3.63, 3.8) is 0 Å². The van der Waals surface area contributed by atoms with Crippen LogP contribution in [0.3, 0.4) is 0 Å². The summed E-state index contributed by atoms with van der Waals surface area (Å²) < 4.78 is 38.4. The molecule has 1 heterocycles. The number of allylic oxidation sites excluding steroid dienone is 1. The first kappa shape index (κ1) is 22.2. The van der Waals surface area contributed by atoms with Gasteiger partial charge in [-0.05, 0) is 80.1 Å². The van der Waals surface area contributed by atoms with E-state index in [1.54, 1.807) is 6.08 Å². The van der Waals surface area contributed by atoms with Crippen LogP contribution in [0, 0.1) is 11.3 Å². The topological polar surface area (TPSA) is 27.0 Å². The van der Waals surface area contributed by atoms with Crippen molar-refractivity contribution in [2.24, 2.45) is 0 Å². The van der Waals surface area contributed by atoms with Gasteiger partial charge in [0.25, 0.3) is 0 Å². The third kappa shape index (κ3) is 4.20. The first-order valence-corrected chi connectivity index (χ1v) is 10.3. The Balaban J connectivity index is 2.05. The van der Waals surface area contributed by atoms with Gasteiger partial charge in [0.2, 0.25) is 0 Å². The summed E-state index contributed by atoms with van der Waals surface area (Å²) in [7, 11) is 0. The number of rotatable bonds is 3. The van der Waals surface area contributed by atoms with E-state index in [1.165, 1.54) is 12.1 Å². The number of anilines is 1. The zero-order valence-electron chi connectivity index (χ0n) is 17.4. The summed E-state index contributed by atoms with van der Waals surface area (Å²) in [5.74, 6) is 0.318. The van der Waals surface area contributed by atoms with Crippen molar-refractivity contribution in [2.75, 3.05) is 11.4 Å². The maximum Gasteiger partial charge on any atom is 0.416 e. The van der Waals surface area contributed by atoms with Crippen molar-refractivity contribution in [3.8, 4) is 6.07 Å². The number of halogens is 4. The monoisotopic (exact) mass is 432 g/mol. The number of hydrogen-bond acceptors (Lipinski definition) is 2. The third-order valence-corrected chi connectivity index (χ3v) is 6.09. The molecule has 0 amide bonds. The molecule has 2 aromatic carbocycles. The lowest BCUT2D eigenvalue weighted by molar-refractivity contribution is -0.137. The largest absolute Gasteiger partial charge is 0.416 e.